The summed E-state index contributed by atoms with van der Waals surface area (Å²) in [7, 11) is 0. The number of carbonyl (C=O) groups is 1. The number of hydrogen-bond acceptors (Lipinski definition) is 4. The van der Waals surface area contributed by atoms with E-state index in [1.54, 1.807) is 6.20 Å². The van der Waals surface area contributed by atoms with E-state index < -0.39 is 6.04 Å². The maximum absolute atomic E-state index is 12.2. The van der Waals surface area contributed by atoms with Crippen molar-refractivity contribution in [2.45, 2.75) is 25.3 Å². The number of halogens is 1. The number of nitrogens with two attached hydrogens (primary N) is 1. The SMILES string of the molecule is Cl.NC(C(=O)NCCc1ccc(-n2cccn2)cc1)C1CCOCC1. The van der Waals surface area contributed by atoms with Gasteiger partial charge in [-0.25, -0.2) is 4.68 Å². The van der Waals surface area contributed by atoms with Crippen LogP contribution in [0.4, 0.5) is 0 Å². The molecule has 136 valence electrons. The van der Waals surface area contributed by atoms with Crippen molar-refractivity contribution in [3.63, 3.8) is 0 Å². The van der Waals surface area contributed by atoms with Crippen LogP contribution in [0.15, 0.2) is 42.7 Å². The van der Waals surface area contributed by atoms with Gasteiger partial charge >= 0.3 is 0 Å². The fraction of sp³-hybridized carbons (Fsp3) is 0.444. The zero-order valence-electron chi connectivity index (χ0n) is 14.1. The molecule has 3 N–H and O–H groups in total. The first kappa shape index (κ1) is 19.4. The molecule has 1 unspecified atom stereocenters. The highest BCUT2D eigenvalue weighted by molar-refractivity contribution is 5.85. The van der Waals surface area contributed by atoms with E-state index in [4.69, 9.17) is 10.5 Å². The molecule has 0 saturated carbocycles. The number of ether oxygens (including phenoxy) is 1. The van der Waals surface area contributed by atoms with Crippen LogP contribution in [0, 0.1) is 5.92 Å². The number of hydrogen-bond donors (Lipinski definition) is 2. The van der Waals surface area contributed by atoms with Crippen LogP contribution in [0.2, 0.25) is 0 Å². The zero-order chi connectivity index (χ0) is 16.8. The van der Waals surface area contributed by atoms with Gasteiger partial charge in [0.2, 0.25) is 5.91 Å². The smallest absolute Gasteiger partial charge is 0.237 e. The second kappa shape index (κ2) is 9.56. The molecule has 1 aromatic carbocycles. The lowest BCUT2D eigenvalue weighted by molar-refractivity contribution is -0.124. The number of nitrogens with zero attached hydrogens (tertiary/aromatic N) is 2. The molecule has 1 amide bonds. The van der Waals surface area contributed by atoms with E-state index in [0.717, 1.165) is 24.9 Å². The van der Waals surface area contributed by atoms with Crippen LogP contribution in [0.3, 0.4) is 0 Å². The minimum absolute atomic E-state index is 0. The zero-order valence-corrected chi connectivity index (χ0v) is 15.0. The first-order valence-electron chi connectivity index (χ1n) is 8.44. The van der Waals surface area contributed by atoms with Crippen LogP contribution >= 0.6 is 12.4 Å². The summed E-state index contributed by atoms with van der Waals surface area (Å²) in [6.07, 6.45) is 6.18. The van der Waals surface area contributed by atoms with Crippen molar-refractivity contribution in [1.82, 2.24) is 15.1 Å². The highest BCUT2D eigenvalue weighted by Crippen LogP contribution is 2.17. The third-order valence-electron chi connectivity index (χ3n) is 4.49. The Hall–Kier alpha value is -1.89. The third kappa shape index (κ3) is 5.29. The predicted octanol–water partition coefficient (Wildman–Crippen LogP) is 1.71. The Morgan fingerprint density at radius 1 is 1.32 bits per heavy atom. The number of carbonyl (C=O) groups excluding carboxylic acids is 1. The summed E-state index contributed by atoms with van der Waals surface area (Å²) in [4.78, 5) is 12.2. The molecule has 0 aliphatic carbocycles. The Balaban J connectivity index is 0.00000225. The lowest BCUT2D eigenvalue weighted by Crippen LogP contribution is -2.47. The molecule has 1 saturated heterocycles. The van der Waals surface area contributed by atoms with Gasteiger partial charge in [0.05, 0.1) is 11.7 Å². The molecule has 25 heavy (non-hydrogen) atoms. The molecule has 1 aliphatic rings. The molecule has 2 aromatic rings. The lowest BCUT2D eigenvalue weighted by Gasteiger charge is -2.26. The fourth-order valence-electron chi connectivity index (χ4n) is 2.97. The Morgan fingerprint density at radius 2 is 2.04 bits per heavy atom. The molecule has 1 fully saturated rings. The van der Waals surface area contributed by atoms with E-state index in [2.05, 4.69) is 22.5 Å². The Labute approximate surface area is 154 Å². The molecule has 2 heterocycles. The molecule has 0 spiro atoms. The van der Waals surface area contributed by atoms with Gasteiger partial charge in [-0.2, -0.15) is 5.10 Å². The van der Waals surface area contributed by atoms with Gasteiger partial charge in [-0.15, -0.1) is 12.4 Å². The maximum atomic E-state index is 12.2. The molecular weight excluding hydrogens is 340 g/mol. The largest absolute Gasteiger partial charge is 0.381 e. The summed E-state index contributed by atoms with van der Waals surface area (Å²) in [6, 6.07) is 9.63. The molecule has 6 nitrogen and oxygen atoms in total. The molecule has 1 aliphatic heterocycles. The van der Waals surface area contributed by atoms with Crippen molar-refractivity contribution in [3.8, 4) is 5.69 Å². The number of aromatic nitrogens is 2. The average Bonchev–Trinajstić information content (AvgIpc) is 3.17. The quantitative estimate of drug-likeness (QED) is 0.817. The van der Waals surface area contributed by atoms with Crippen molar-refractivity contribution >= 4 is 18.3 Å². The second-order valence-corrected chi connectivity index (χ2v) is 6.13. The lowest BCUT2D eigenvalue weighted by atomic mass is 9.92. The molecule has 3 rings (SSSR count). The number of rotatable bonds is 6. The van der Waals surface area contributed by atoms with Crippen LogP contribution in [0.5, 0.6) is 0 Å². The summed E-state index contributed by atoms with van der Waals surface area (Å²) in [6.45, 7) is 2.00. The van der Waals surface area contributed by atoms with Gasteiger partial charge in [-0.05, 0) is 48.9 Å². The minimum atomic E-state index is -0.434. The summed E-state index contributed by atoms with van der Waals surface area (Å²) in [5.41, 5.74) is 8.26. The summed E-state index contributed by atoms with van der Waals surface area (Å²) in [5.74, 6) is 0.169. The molecule has 1 aromatic heterocycles. The predicted molar refractivity (Wildman–Crippen MR) is 99.0 cm³/mol. The monoisotopic (exact) mass is 364 g/mol. The van der Waals surface area contributed by atoms with E-state index in [9.17, 15) is 4.79 Å². The topological polar surface area (TPSA) is 82.2 Å². The Morgan fingerprint density at radius 3 is 2.68 bits per heavy atom. The number of amides is 1. The van der Waals surface area contributed by atoms with Gasteiger partial charge in [0.25, 0.3) is 0 Å². The average molecular weight is 365 g/mol. The van der Waals surface area contributed by atoms with Gasteiger partial charge < -0.3 is 15.8 Å². The van der Waals surface area contributed by atoms with Crippen molar-refractivity contribution in [1.29, 1.82) is 0 Å². The summed E-state index contributed by atoms with van der Waals surface area (Å²) >= 11 is 0. The van der Waals surface area contributed by atoms with E-state index in [1.165, 1.54) is 5.56 Å². The standard InChI is InChI=1S/C18H24N4O2.ClH/c19-17(15-7-12-24-13-8-15)18(23)20-10-6-14-2-4-16(5-3-14)22-11-1-9-21-22;/h1-5,9,11,15,17H,6-8,10,12-13,19H2,(H,20,23);1H. The van der Waals surface area contributed by atoms with Crippen molar-refractivity contribution < 1.29 is 9.53 Å². The van der Waals surface area contributed by atoms with Crippen LogP contribution < -0.4 is 11.1 Å². The Bertz CT molecular complexity index is 640. The highest BCUT2D eigenvalue weighted by atomic mass is 35.5. The molecule has 0 bridgehead atoms. The van der Waals surface area contributed by atoms with Gasteiger partial charge in [0.15, 0.2) is 0 Å². The minimum Gasteiger partial charge on any atom is -0.381 e. The second-order valence-electron chi connectivity index (χ2n) is 6.13. The van der Waals surface area contributed by atoms with Crippen molar-refractivity contribution in [2.75, 3.05) is 19.8 Å². The van der Waals surface area contributed by atoms with Crippen LogP contribution in [-0.2, 0) is 16.0 Å². The first-order chi connectivity index (χ1) is 11.7. The van der Waals surface area contributed by atoms with E-state index in [1.807, 2.05) is 29.1 Å². The van der Waals surface area contributed by atoms with Crippen molar-refractivity contribution in [3.05, 3.63) is 48.3 Å². The van der Waals surface area contributed by atoms with Gasteiger partial charge in [-0.1, -0.05) is 12.1 Å². The van der Waals surface area contributed by atoms with Crippen LogP contribution in [0.25, 0.3) is 5.69 Å². The highest BCUT2D eigenvalue weighted by Gasteiger charge is 2.26. The maximum Gasteiger partial charge on any atom is 0.237 e. The third-order valence-corrected chi connectivity index (χ3v) is 4.49. The van der Waals surface area contributed by atoms with E-state index in [0.29, 0.717) is 19.8 Å². The molecule has 7 heteroatoms. The van der Waals surface area contributed by atoms with Crippen molar-refractivity contribution in [2.24, 2.45) is 11.7 Å². The number of benzene rings is 1. The van der Waals surface area contributed by atoms with Gasteiger partial charge in [0, 0.05) is 32.2 Å². The number of nitrogens with one attached hydrogen (secondary N) is 1. The first-order valence-corrected chi connectivity index (χ1v) is 8.44. The Kier molecular flexibility index (Phi) is 7.43. The summed E-state index contributed by atoms with van der Waals surface area (Å²) < 4.78 is 7.13. The molecular formula is C18H25ClN4O2. The fourth-order valence-corrected chi connectivity index (χ4v) is 2.97. The molecule has 1 atom stereocenters. The van der Waals surface area contributed by atoms with Crippen LogP contribution in [0.1, 0.15) is 18.4 Å². The normalized spacial score (nSPS) is 16.0. The van der Waals surface area contributed by atoms with E-state index >= 15 is 0 Å². The van der Waals surface area contributed by atoms with E-state index in [-0.39, 0.29) is 24.2 Å². The summed E-state index contributed by atoms with van der Waals surface area (Å²) in [5, 5.41) is 7.15. The van der Waals surface area contributed by atoms with Gasteiger partial charge in [0.1, 0.15) is 0 Å². The van der Waals surface area contributed by atoms with Gasteiger partial charge in [-0.3, -0.25) is 4.79 Å². The molecule has 0 radical (unpaired) electrons. The van der Waals surface area contributed by atoms with Crippen LogP contribution in [-0.4, -0.2) is 41.5 Å².